The van der Waals surface area contributed by atoms with Gasteiger partial charge < -0.3 is 0 Å². The quantitative estimate of drug-likeness (QED) is 0.411. The topological polar surface area (TPSA) is 23.3 Å². The van der Waals surface area contributed by atoms with Crippen LogP contribution in [0.2, 0.25) is 0 Å². The Hall–Kier alpha value is -0.790. The second kappa shape index (κ2) is 1.12. The van der Waals surface area contributed by atoms with Gasteiger partial charge in [-0.1, -0.05) is 0 Å². The Kier molecular flexibility index (Phi) is 0.638. The van der Waals surface area contributed by atoms with E-state index in [1.165, 1.54) is 0 Å². The van der Waals surface area contributed by atoms with E-state index in [-0.39, 0.29) is 0 Å². The van der Waals surface area contributed by atoms with Crippen LogP contribution in [0.4, 0.5) is 0 Å². The molecule has 0 spiro atoms. The Bertz CT molecular complexity index is 101. The molecule has 1 heterocycles. The average Bonchev–Trinajstić information content (AvgIpc) is 1.86. The fraction of sp³-hybridized carbons (Fsp3) is 0.250. The number of hydrogen-bond acceptors (Lipinski definition) is 2. The molecule has 1 aliphatic heterocycles. The summed E-state index contributed by atoms with van der Waals surface area (Å²) in [6, 6.07) is 0. The second-order valence-corrected chi connectivity index (χ2v) is 1.20. The molecule has 0 unspecified atom stereocenters. The minimum atomic E-state index is 1.06. The molecule has 0 N–H and O–H groups in total. The van der Waals surface area contributed by atoms with Gasteiger partial charge in [-0.25, -0.2) is 0 Å². The fourth-order valence-electron chi connectivity index (χ4n) is 0.258. The van der Waals surface area contributed by atoms with Gasteiger partial charge in [0.25, 0.3) is 5.16 Å². The minimum Gasteiger partial charge on any atom is -0.179 e. The van der Waals surface area contributed by atoms with Gasteiger partial charge in [0.15, 0.2) is 6.26 Å². The summed E-state index contributed by atoms with van der Waals surface area (Å²) in [5.41, 5.74) is 1.06. The summed E-state index contributed by atoms with van der Waals surface area (Å²) >= 11 is 0. The van der Waals surface area contributed by atoms with Crippen molar-refractivity contribution in [1.29, 1.82) is 0 Å². The van der Waals surface area contributed by atoms with E-state index in [1.807, 2.05) is 6.92 Å². The van der Waals surface area contributed by atoms with Crippen LogP contribution in [0.3, 0.4) is 0 Å². The van der Waals surface area contributed by atoms with Crippen LogP contribution in [-0.2, 0) is 4.84 Å². The van der Waals surface area contributed by atoms with E-state index in [4.69, 9.17) is 0 Å². The summed E-state index contributed by atoms with van der Waals surface area (Å²) in [4.78, 5) is 4.46. The molecule has 0 amide bonds. The number of allylic oxidation sites excluding steroid dienone is 1. The first kappa shape index (κ1) is 3.40. The van der Waals surface area contributed by atoms with Gasteiger partial charge in [0.1, 0.15) is 0 Å². The Balaban J connectivity index is 2.68. The third-order valence-electron chi connectivity index (χ3n) is 0.556. The van der Waals surface area contributed by atoms with Crippen LogP contribution in [-0.4, -0.2) is 6.21 Å². The summed E-state index contributed by atoms with van der Waals surface area (Å²) in [5, 5.41) is 3.45. The molecule has 1 aliphatic rings. The molecular weight excluding hydrogens is 78.0 g/mol. The van der Waals surface area contributed by atoms with Crippen LogP contribution in [0.15, 0.2) is 11.8 Å². The normalized spacial score (nSPS) is 17.2. The van der Waals surface area contributed by atoms with E-state index in [0.29, 0.717) is 0 Å². The standard InChI is InChI=1S/C4H5NO/c1-4-2-5-6-3-4/h2-3H,1H3/q+1. The van der Waals surface area contributed by atoms with Crippen LogP contribution >= 0.6 is 0 Å². The fourth-order valence-corrected chi connectivity index (χ4v) is 0.258. The Morgan fingerprint density at radius 1 is 1.83 bits per heavy atom. The molecular formula is C4H5NO+. The van der Waals surface area contributed by atoms with Gasteiger partial charge in [-0.3, -0.25) is 0 Å². The van der Waals surface area contributed by atoms with Crippen molar-refractivity contribution in [2.24, 2.45) is 0 Å². The molecule has 0 aromatic rings. The predicted octanol–water partition coefficient (Wildman–Crippen LogP) is 0.242. The molecule has 0 saturated heterocycles. The van der Waals surface area contributed by atoms with E-state index in [9.17, 15) is 0 Å². The third kappa shape index (κ3) is 0.407. The first-order valence-corrected chi connectivity index (χ1v) is 1.75. The molecule has 0 atom stereocenters. The van der Waals surface area contributed by atoms with Gasteiger partial charge in [0, 0.05) is 0 Å². The highest BCUT2D eigenvalue weighted by molar-refractivity contribution is 5.76. The minimum absolute atomic E-state index is 1.06. The van der Waals surface area contributed by atoms with Crippen molar-refractivity contribution in [3.05, 3.63) is 11.8 Å². The highest BCUT2D eigenvalue weighted by Crippen LogP contribution is 1.89. The molecule has 1 radical (unpaired) electrons. The maximum absolute atomic E-state index is 4.46. The van der Waals surface area contributed by atoms with Gasteiger partial charge >= 0.3 is 6.21 Å². The molecule has 0 saturated carbocycles. The Labute approximate surface area is 36.1 Å². The van der Waals surface area contributed by atoms with Gasteiger partial charge in [0.05, 0.1) is 5.57 Å². The van der Waals surface area contributed by atoms with Crippen molar-refractivity contribution in [3.63, 3.8) is 0 Å². The predicted molar refractivity (Wildman–Crippen MR) is 23.0 cm³/mol. The number of oxime groups is 1. The number of hydrogen-bond donors (Lipinski definition) is 0. The lowest BCUT2D eigenvalue weighted by atomic mass is 10.4. The third-order valence-corrected chi connectivity index (χ3v) is 0.556. The maximum atomic E-state index is 4.46. The summed E-state index contributed by atoms with van der Waals surface area (Å²) < 4.78 is 0. The lowest BCUT2D eigenvalue weighted by molar-refractivity contribution is 0.221. The lowest BCUT2D eigenvalue weighted by Crippen LogP contribution is -1.76. The Morgan fingerprint density at radius 2 is 2.67 bits per heavy atom. The first-order chi connectivity index (χ1) is 2.89. The molecule has 0 aromatic heterocycles. The van der Waals surface area contributed by atoms with E-state index < -0.39 is 0 Å². The van der Waals surface area contributed by atoms with Gasteiger partial charge in [-0.05, 0) is 6.92 Å². The van der Waals surface area contributed by atoms with Crippen LogP contribution in [0.5, 0.6) is 0 Å². The highest BCUT2D eigenvalue weighted by Gasteiger charge is 2.02. The van der Waals surface area contributed by atoms with Crippen LogP contribution < -0.4 is 5.16 Å². The van der Waals surface area contributed by atoms with E-state index in [2.05, 4.69) is 9.99 Å². The van der Waals surface area contributed by atoms with E-state index in [1.54, 1.807) is 12.5 Å². The largest absolute Gasteiger partial charge is 0.309 e. The van der Waals surface area contributed by atoms with E-state index >= 15 is 0 Å². The van der Waals surface area contributed by atoms with E-state index in [0.717, 1.165) is 5.57 Å². The van der Waals surface area contributed by atoms with Crippen molar-refractivity contribution < 1.29 is 4.84 Å². The molecule has 0 aliphatic carbocycles. The zero-order chi connectivity index (χ0) is 4.41. The van der Waals surface area contributed by atoms with Crippen LogP contribution in [0, 0.1) is 0 Å². The van der Waals surface area contributed by atoms with Crippen LogP contribution in [0.25, 0.3) is 0 Å². The van der Waals surface area contributed by atoms with Crippen molar-refractivity contribution in [1.82, 2.24) is 5.16 Å². The maximum Gasteiger partial charge on any atom is 0.309 e. The van der Waals surface area contributed by atoms with Crippen LogP contribution in [0.1, 0.15) is 6.92 Å². The molecule has 2 heteroatoms. The zero-order valence-corrected chi connectivity index (χ0v) is 3.51. The molecule has 0 bridgehead atoms. The highest BCUT2D eigenvalue weighted by atomic mass is 16.6. The monoisotopic (exact) mass is 83.0 g/mol. The number of nitrogens with zero attached hydrogens (tertiary/aromatic N) is 1. The van der Waals surface area contributed by atoms with Crippen molar-refractivity contribution in [2.75, 3.05) is 0 Å². The molecule has 0 fully saturated rings. The second-order valence-electron chi connectivity index (χ2n) is 1.20. The molecule has 6 heavy (non-hydrogen) atoms. The zero-order valence-electron chi connectivity index (χ0n) is 3.51. The summed E-state index contributed by atoms with van der Waals surface area (Å²) in [7, 11) is 0. The van der Waals surface area contributed by atoms with Gasteiger partial charge in [-0.2, -0.15) is 4.84 Å². The first-order valence-electron chi connectivity index (χ1n) is 1.75. The smallest absolute Gasteiger partial charge is 0.179 e. The number of rotatable bonds is 0. The SMILES string of the molecule is CC1=CO[N+]=C1. The molecule has 2 nitrogen and oxygen atoms in total. The average molecular weight is 83.1 g/mol. The lowest BCUT2D eigenvalue weighted by Gasteiger charge is -1.59. The summed E-state index contributed by atoms with van der Waals surface area (Å²) in [5.74, 6) is 0. The molecule has 0 aromatic carbocycles. The molecule has 31 valence electrons. The van der Waals surface area contributed by atoms with Crippen molar-refractivity contribution in [3.8, 4) is 0 Å². The van der Waals surface area contributed by atoms with Crippen molar-refractivity contribution in [2.45, 2.75) is 6.92 Å². The molecule has 1 rings (SSSR count). The summed E-state index contributed by atoms with van der Waals surface area (Å²) in [6.07, 6.45) is 3.26. The summed E-state index contributed by atoms with van der Waals surface area (Å²) in [6.45, 7) is 1.93. The Morgan fingerprint density at radius 3 is 2.83 bits per heavy atom. The van der Waals surface area contributed by atoms with Crippen molar-refractivity contribution >= 4 is 6.21 Å². The van der Waals surface area contributed by atoms with Gasteiger partial charge in [-0.15, -0.1) is 0 Å². The van der Waals surface area contributed by atoms with Gasteiger partial charge in [0.2, 0.25) is 0 Å².